The van der Waals surface area contributed by atoms with E-state index in [1.807, 2.05) is 0 Å². The summed E-state index contributed by atoms with van der Waals surface area (Å²) in [5, 5.41) is 2.56. The summed E-state index contributed by atoms with van der Waals surface area (Å²) in [5.41, 5.74) is 1.00. The third-order valence-electron chi connectivity index (χ3n) is 2.55. The normalized spacial score (nSPS) is 15.9. The van der Waals surface area contributed by atoms with Gasteiger partial charge in [0.25, 0.3) is 6.47 Å². The summed E-state index contributed by atoms with van der Waals surface area (Å²) in [4.78, 5) is 23.3. The first-order valence-electron chi connectivity index (χ1n) is 5.07. The quantitative estimate of drug-likeness (QED) is 0.801. The minimum atomic E-state index is -0.581. The summed E-state index contributed by atoms with van der Waals surface area (Å²) >= 11 is 0. The molecule has 2 rings (SSSR count). The molecule has 0 fully saturated rings. The third kappa shape index (κ3) is 2.20. The van der Waals surface area contributed by atoms with Gasteiger partial charge < -0.3 is 15.0 Å². The topological polar surface area (TPSA) is 58.6 Å². The number of rotatable bonds is 3. The molecule has 5 nitrogen and oxygen atoms in total. The maximum Gasteiger partial charge on any atom is 0.294 e. The molecule has 17 heavy (non-hydrogen) atoms. The average Bonchev–Trinajstić information content (AvgIpc) is 2.27. The number of nitrogens with one attached hydrogen (secondary N) is 1. The van der Waals surface area contributed by atoms with Gasteiger partial charge >= 0.3 is 0 Å². The molecule has 1 aliphatic heterocycles. The summed E-state index contributed by atoms with van der Waals surface area (Å²) in [5.74, 6) is -0.709. The van der Waals surface area contributed by atoms with Crippen molar-refractivity contribution in [2.75, 3.05) is 16.8 Å². The number of hydrogen-bond donors (Lipinski definition) is 1. The molecular formula is C11H11FN2O3. The van der Waals surface area contributed by atoms with Crippen LogP contribution in [-0.4, -0.2) is 25.2 Å². The van der Waals surface area contributed by atoms with E-state index >= 15 is 0 Å². The van der Waals surface area contributed by atoms with Crippen LogP contribution < -0.4 is 10.2 Å². The lowest BCUT2D eigenvalue weighted by Gasteiger charge is -2.34. The monoisotopic (exact) mass is 238 g/mol. The Morgan fingerprint density at radius 3 is 3.06 bits per heavy atom. The second-order valence-corrected chi connectivity index (χ2v) is 3.67. The van der Waals surface area contributed by atoms with Gasteiger partial charge in [-0.2, -0.15) is 0 Å². The lowest BCUT2D eigenvalue weighted by Crippen LogP contribution is -2.44. The van der Waals surface area contributed by atoms with Crippen LogP contribution in [0.1, 0.15) is 6.92 Å². The predicted molar refractivity (Wildman–Crippen MR) is 59.0 cm³/mol. The standard InChI is InChI=1S/C11H11FN2O3/c1-7(17-6-15)14-5-11(16)13-9-4-8(12)2-3-10(9)14/h2-4,6-7H,5H2,1H3,(H,13,16). The molecule has 0 saturated carbocycles. The molecular weight excluding hydrogens is 227 g/mol. The van der Waals surface area contributed by atoms with E-state index in [1.54, 1.807) is 11.8 Å². The van der Waals surface area contributed by atoms with Crippen LogP contribution in [-0.2, 0) is 14.3 Å². The van der Waals surface area contributed by atoms with Crippen molar-refractivity contribution in [3.05, 3.63) is 24.0 Å². The van der Waals surface area contributed by atoms with Crippen LogP contribution in [0.5, 0.6) is 0 Å². The Kier molecular flexibility index (Phi) is 2.95. The van der Waals surface area contributed by atoms with E-state index in [4.69, 9.17) is 4.74 Å². The Morgan fingerprint density at radius 2 is 2.35 bits per heavy atom. The average molecular weight is 238 g/mol. The number of fused-ring (bicyclic) bond motifs is 1. The number of ether oxygens (including phenoxy) is 1. The molecule has 1 heterocycles. The van der Waals surface area contributed by atoms with Gasteiger partial charge in [-0.3, -0.25) is 9.59 Å². The van der Waals surface area contributed by atoms with Gasteiger partial charge in [-0.05, 0) is 25.1 Å². The highest BCUT2D eigenvalue weighted by atomic mass is 19.1. The smallest absolute Gasteiger partial charge is 0.294 e. The third-order valence-corrected chi connectivity index (χ3v) is 2.55. The van der Waals surface area contributed by atoms with Gasteiger partial charge in [0.05, 0.1) is 11.4 Å². The zero-order chi connectivity index (χ0) is 12.4. The van der Waals surface area contributed by atoms with Gasteiger partial charge in [0.2, 0.25) is 5.91 Å². The summed E-state index contributed by atoms with van der Waals surface area (Å²) in [6.45, 7) is 2.02. The highest BCUT2D eigenvalue weighted by Gasteiger charge is 2.26. The lowest BCUT2D eigenvalue weighted by atomic mass is 10.2. The lowest BCUT2D eigenvalue weighted by molar-refractivity contribution is -0.133. The van der Waals surface area contributed by atoms with Crippen LogP contribution in [0.2, 0.25) is 0 Å². The second kappa shape index (κ2) is 4.40. The zero-order valence-corrected chi connectivity index (χ0v) is 9.14. The molecule has 0 saturated heterocycles. The number of amides is 1. The van der Waals surface area contributed by atoms with Crippen molar-refractivity contribution in [2.24, 2.45) is 0 Å². The van der Waals surface area contributed by atoms with Crippen LogP contribution in [0.3, 0.4) is 0 Å². The minimum Gasteiger partial charge on any atom is -0.444 e. The number of carbonyl (C=O) groups excluding carboxylic acids is 2. The van der Waals surface area contributed by atoms with Crippen LogP contribution in [0, 0.1) is 5.82 Å². The van der Waals surface area contributed by atoms with E-state index in [-0.39, 0.29) is 12.5 Å². The predicted octanol–water partition coefficient (Wildman–Crippen LogP) is 1.10. The highest BCUT2D eigenvalue weighted by Crippen LogP contribution is 2.31. The molecule has 0 bridgehead atoms. The maximum atomic E-state index is 13.0. The van der Waals surface area contributed by atoms with Gasteiger partial charge in [0.15, 0.2) is 6.23 Å². The number of halogens is 1. The van der Waals surface area contributed by atoms with Crippen molar-refractivity contribution < 1.29 is 18.7 Å². The molecule has 1 aromatic carbocycles. The van der Waals surface area contributed by atoms with Crippen molar-refractivity contribution in [3.8, 4) is 0 Å². The number of hydrogen-bond acceptors (Lipinski definition) is 4. The number of carbonyl (C=O) groups is 2. The fourth-order valence-corrected chi connectivity index (χ4v) is 1.77. The number of anilines is 2. The Bertz CT molecular complexity index is 464. The van der Waals surface area contributed by atoms with Crippen molar-refractivity contribution in [1.29, 1.82) is 0 Å². The summed E-state index contributed by atoms with van der Waals surface area (Å²) in [7, 11) is 0. The number of benzene rings is 1. The molecule has 1 aliphatic rings. The van der Waals surface area contributed by atoms with Gasteiger partial charge in [-0.1, -0.05) is 0 Å². The highest BCUT2D eigenvalue weighted by molar-refractivity contribution is 6.01. The SMILES string of the molecule is CC(OC=O)N1CC(=O)Nc2cc(F)ccc21. The van der Waals surface area contributed by atoms with E-state index in [2.05, 4.69) is 5.32 Å². The first-order chi connectivity index (χ1) is 8.11. The molecule has 0 aromatic heterocycles. The Hall–Kier alpha value is -2.11. The largest absolute Gasteiger partial charge is 0.444 e. The first-order valence-corrected chi connectivity index (χ1v) is 5.07. The van der Waals surface area contributed by atoms with E-state index < -0.39 is 12.0 Å². The maximum absolute atomic E-state index is 13.0. The Morgan fingerprint density at radius 1 is 1.59 bits per heavy atom. The molecule has 1 amide bonds. The Balaban J connectivity index is 2.37. The molecule has 1 N–H and O–H groups in total. The van der Waals surface area contributed by atoms with E-state index in [1.165, 1.54) is 18.2 Å². The fourth-order valence-electron chi connectivity index (χ4n) is 1.77. The molecule has 90 valence electrons. The Labute approximate surface area is 97.2 Å². The summed E-state index contributed by atoms with van der Waals surface area (Å²) < 4.78 is 17.8. The fraction of sp³-hybridized carbons (Fsp3) is 0.273. The molecule has 0 radical (unpaired) electrons. The van der Waals surface area contributed by atoms with Gasteiger partial charge in [0.1, 0.15) is 12.4 Å². The summed E-state index contributed by atoms with van der Waals surface area (Å²) in [6.07, 6.45) is -0.581. The zero-order valence-electron chi connectivity index (χ0n) is 9.14. The van der Waals surface area contributed by atoms with Crippen molar-refractivity contribution in [3.63, 3.8) is 0 Å². The number of nitrogens with zero attached hydrogens (tertiary/aromatic N) is 1. The molecule has 1 unspecified atom stereocenters. The summed E-state index contributed by atoms with van der Waals surface area (Å²) in [6, 6.07) is 4.05. The van der Waals surface area contributed by atoms with Crippen LogP contribution in [0.25, 0.3) is 0 Å². The molecule has 1 atom stereocenters. The molecule has 1 aromatic rings. The van der Waals surface area contributed by atoms with Crippen molar-refractivity contribution >= 4 is 23.8 Å². The van der Waals surface area contributed by atoms with Crippen molar-refractivity contribution in [1.82, 2.24) is 0 Å². The van der Waals surface area contributed by atoms with Gasteiger partial charge in [0, 0.05) is 0 Å². The van der Waals surface area contributed by atoms with Gasteiger partial charge in [-0.15, -0.1) is 0 Å². The van der Waals surface area contributed by atoms with Gasteiger partial charge in [-0.25, -0.2) is 4.39 Å². The molecule has 6 heteroatoms. The first kappa shape index (κ1) is 11.4. The molecule has 0 aliphatic carbocycles. The van der Waals surface area contributed by atoms with E-state index in [0.29, 0.717) is 17.8 Å². The van der Waals surface area contributed by atoms with Crippen LogP contribution >= 0.6 is 0 Å². The van der Waals surface area contributed by atoms with E-state index in [9.17, 15) is 14.0 Å². The molecule has 0 spiro atoms. The second-order valence-electron chi connectivity index (χ2n) is 3.67. The van der Waals surface area contributed by atoms with Crippen molar-refractivity contribution in [2.45, 2.75) is 13.2 Å². The minimum absolute atomic E-state index is 0.0631. The van der Waals surface area contributed by atoms with E-state index in [0.717, 1.165) is 0 Å². The van der Waals surface area contributed by atoms with Crippen LogP contribution in [0.15, 0.2) is 18.2 Å². The van der Waals surface area contributed by atoms with Crippen LogP contribution in [0.4, 0.5) is 15.8 Å².